The molecule has 1 aromatic heterocycles. The molecule has 0 spiro atoms. The monoisotopic (exact) mass is 345 g/mol. The lowest BCUT2D eigenvalue weighted by molar-refractivity contribution is 0.0971. The topological polar surface area (TPSA) is 39.1 Å². The van der Waals surface area contributed by atoms with E-state index in [0.29, 0.717) is 5.56 Å². The van der Waals surface area contributed by atoms with Gasteiger partial charge in [0.05, 0.1) is 6.54 Å². The number of ketones is 1. The first kappa shape index (κ1) is 11.5. The molecular weight excluding hydrogens is 337 g/mol. The minimum absolute atomic E-state index is 0.0445. The molecule has 0 radical (unpaired) electrons. The van der Waals surface area contributed by atoms with Crippen molar-refractivity contribution in [2.24, 2.45) is 0 Å². The van der Waals surface area contributed by atoms with Crippen LogP contribution in [-0.2, 0) is 6.54 Å². The number of carbonyl (C=O) groups is 1. The first-order chi connectivity index (χ1) is 7.66. The summed E-state index contributed by atoms with van der Waals surface area (Å²) in [4.78, 5) is 23.0. The van der Waals surface area contributed by atoms with Crippen LogP contribution in [0.15, 0.2) is 40.6 Å². The van der Waals surface area contributed by atoms with Gasteiger partial charge in [-0.05, 0) is 34.7 Å². The number of nitrogens with zero attached hydrogens (tertiary/aromatic N) is 1. The van der Waals surface area contributed by atoms with Crippen molar-refractivity contribution in [1.29, 1.82) is 0 Å². The van der Waals surface area contributed by atoms with E-state index in [4.69, 9.17) is 0 Å². The van der Waals surface area contributed by atoms with Gasteiger partial charge in [0.25, 0.3) is 0 Å². The maximum Gasteiger partial charge on any atom is 0.307 e. The van der Waals surface area contributed by atoms with Crippen molar-refractivity contribution in [2.45, 2.75) is 6.54 Å². The van der Waals surface area contributed by atoms with Crippen molar-refractivity contribution in [1.82, 2.24) is 4.57 Å². The summed E-state index contributed by atoms with van der Waals surface area (Å²) in [5.74, 6) is -0.0445. The number of aromatic nitrogens is 1. The van der Waals surface area contributed by atoms with Gasteiger partial charge in [0.1, 0.15) is 0 Å². The van der Waals surface area contributed by atoms with E-state index in [9.17, 15) is 9.59 Å². The number of hydrogen-bond donors (Lipinski definition) is 0. The van der Waals surface area contributed by atoms with E-state index in [2.05, 4.69) is 22.6 Å². The van der Waals surface area contributed by atoms with Gasteiger partial charge in [-0.3, -0.25) is 14.2 Å². The Kier molecular flexibility index (Phi) is 3.55. The quantitative estimate of drug-likeness (QED) is 0.633. The third-order valence-electron chi connectivity index (χ3n) is 2.12. The Morgan fingerprint density at radius 1 is 1.31 bits per heavy atom. The summed E-state index contributed by atoms with van der Waals surface area (Å²) < 4.78 is 2.51. The number of thiazole rings is 1. The molecule has 2 aromatic rings. The molecule has 0 amide bonds. The van der Waals surface area contributed by atoms with Crippen LogP contribution in [0.1, 0.15) is 10.4 Å². The average molecular weight is 345 g/mol. The maximum absolute atomic E-state index is 11.8. The predicted molar refractivity (Wildman–Crippen MR) is 72.1 cm³/mol. The second kappa shape index (κ2) is 4.92. The van der Waals surface area contributed by atoms with Crippen LogP contribution < -0.4 is 4.87 Å². The normalized spacial score (nSPS) is 10.3. The van der Waals surface area contributed by atoms with E-state index in [1.54, 1.807) is 23.7 Å². The van der Waals surface area contributed by atoms with Gasteiger partial charge in [0.2, 0.25) is 0 Å². The van der Waals surface area contributed by atoms with E-state index in [-0.39, 0.29) is 17.2 Å². The number of benzene rings is 1. The van der Waals surface area contributed by atoms with Crippen LogP contribution in [-0.4, -0.2) is 10.4 Å². The molecule has 0 fully saturated rings. The smallest absolute Gasteiger partial charge is 0.298 e. The van der Waals surface area contributed by atoms with Gasteiger partial charge in [-0.15, -0.1) is 0 Å². The highest BCUT2D eigenvalue weighted by Gasteiger charge is 2.07. The Balaban J connectivity index is 2.18. The van der Waals surface area contributed by atoms with E-state index >= 15 is 0 Å². The lowest BCUT2D eigenvalue weighted by Crippen LogP contribution is -2.18. The van der Waals surface area contributed by atoms with Crippen molar-refractivity contribution < 1.29 is 4.79 Å². The van der Waals surface area contributed by atoms with Gasteiger partial charge < -0.3 is 0 Å². The maximum atomic E-state index is 11.8. The lowest BCUT2D eigenvalue weighted by atomic mass is 10.1. The second-order valence-electron chi connectivity index (χ2n) is 3.23. The van der Waals surface area contributed by atoms with Crippen LogP contribution in [0.2, 0.25) is 0 Å². The fourth-order valence-corrected chi connectivity index (χ4v) is 2.23. The Morgan fingerprint density at radius 2 is 2.00 bits per heavy atom. The third-order valence-corrected chi connectivity index (χ3v) is 3.54. The van der Waals surface area contributed by atoms with Crippen LogP contribution >= 0.6 is 33.9 Å². The van der Waals surface area contributed by atoms with Gasteiger partial charge in [0, 0.05) is 20.7 Å². The molecule has 5 heteroatoms. The highest BCUT2D eigenvalue weighted by atomic mass is 127. The van der Waals surface area contributed by atoms with Crippen molar-refractivity contribution in [3.05, 3.63) is 54.6 Å². The minimum Gasteiger partial charge on any atom is -0.298 e. The van der Waals surface area contributed by atoms with Crippen LogP contribution in [0.25, 0.3) is 0 Å². The van der Waals surface area contributed by atoms with Crippen LogP contribution in [0.4, 0.5) is 0 Å². The fraction of sp³-hybridized carbons (Fsp3) is 0.0909. The number of rotatable bonds is 3. The van der Waals surface area contributed by atoms with Gasteiger partial charge in [-0.1, -0.05) is 23.5 Å². The summed E-state index contributed by atoms with van der Waals surface area (Å²) in [6.07, 6.45) is 1.64. The summed E-state index contributed by atoms with van der Waals surface area (Å²) in [6, 6.07) is 7.32. The molecular formula is C11H8INO2S. The van der Waals surface area contributed by atoms with Gasteiger partial charge in [-0.2, -0.15) is 0 Å². The van der Waals surface area contributed by atoms with Crippen molar-refractivity contribution in [2.75, 3.05) is 0 Å². The number of hydrogen-bond acceptors (Lipinski definition) is 3. The molecule has 2 rings (SSSR count). The molecule has 0 aliphatic heterocycles. The molecule has 0 bridgehead atoms. The van der Waals surface area contributed by atoms with Crippen LogP contribution in [0.3, 0.4) is 0 Å². The molecule has 0 N–H and O–H groups in total. The Bertz CT molecular complexity index is 556. The average Bonchev–Trinajstić information content (AvgIpc) is 2.65. The standard InChI is InChI=1S/C11H8INO2S/c12-9-3-1-8(2-4-9)10(14)7-13-5-6-16-11(13)15/h1-6H,7H2. The van der Waals surface area contributed by atoms with Gasteiger partial charge >= 0.3 is 4.87 Å². The zero-order chi connectivity index (χ0) is 11.5. The molecule has 0 unspecified atom stereocenters. The fourth-order valence-electron chi connectivity index (χ4n) is 1.29. The summed E-state index contributed by atoms with van der Waals surface area (Å²) in [7, 11) is 0. The minimum atomic E-state index is -0.0983. The zero-order valence-electron chi connectivity index (χ0n) is 8.22. The molecule has 1 heterocycles. The first-order valence-corrected chi connectivity index (χ1v) is 6.55. The Morgan fingerprint density at radius 3 is 2.56 bits per heavy atom. The molecule has 82 valence electrons. The van der Waals surface area contributed by atoms with Crippen LogP contribution in [0, 0.1) is 3.57 Å². The Labute approximate surface area is 110 Å². The number of halogens is 1. The first-order valence-electron chi connectivity index (χ1n) is 4.59. The molecule has 0 aliphatic rings. The van der Waals surface area contributed by atoms with E-state index in [1.807, 2.05) is 12.1 Å². The number of Topliss-reactive ketones (excluding diaryl/α,β-unsaturated/α-hetero) is 1. The summed E-state index contributed by atoms with van der Waals surface area (Å²) in [5, 5.41) is 1.68. The van der Waals surface area contributed by atoms with Crippen LogP contribution in [0.5, 0.6) is 0 Å². The SMILES string of the molecule is O=C(Cn1ccsc1=O)c1ccc(I)cc1. The van der Waals surface area contributed by atoms with E-state index < -0.39 is 0 Å². The molecule has 0 aliphatic carbocycles. The molecule has 1 aromatic carbocycles. The Hall–Kier alpha value is -0.950. The van der Waals surface area contributed by atoms with E-state index in [1.165, 1.54) is 4.57 Å². The largest absolute Gasteiger partial charge is 0.307 e. The molecule has 16 heavy (non-hydrogen) atoms. The summed E-state index contributed by atoms with van der Waals surface area (Å²) in [5.41, 5.74) is 0.638. The number of carbonyl (C=O) groups excluding carboxylic acids is 1. The summed E-state index contributed by atoms with van der Waals surface area (Å²) in [6.45, 7) is 0.114. The predicted octanol–water partition coefficient (Wildman–Crippen LogP) is 2.40. The lowest BCUT2D eigenvalue weighted by Gasteiger charge is -2.01. The second-order valence-corrected chi connectivity index (χ2v) is 5.33. The highest BCUT2D eigenvalue weighted by Crippen LogP contribution is 2.08. The summed E-state index contributed by atoms with van der Waals surface area (Å²) >= 11 is 3.28. The highest BCUT2D eigenvalue weighted by molar-refractivity contribution is 14.1. The zero-order valence-corrected chi connectivity index (χ0v) is 11.2. The van der Waals surface area contributed by atoms with Crippen molar-refractivity contribution in [3.8, 4) is 0 Å². The van der Waals surface area contributed by atoms with E-state index in [0.717, 1.165) is 14.9 Å². The van der Waals surface area contributed by atoms with Crippen molar-refractivity contribution in [3.63, 3.8) is 0 Å². The molecule has 0 saturated heterocycles. The van der Waals surface area contributed by atoms with Gasteiger partial charge in [0.15, 0.2) is 5.78 Å². The van der Waals surface area contributed by atoms with Gasteiger partial charge in [-0.25, -0.2) is 0 Å². The molecule has 0 saturated carbocycles. The van der Waals surface area contributed by atoms with Crippen molar-refractivity contribution >= 4 is 39.7 Å². The third kappa shape index (κ3) is 2.59. The molecule has 0 atom stereocenters. The molecule has 3 nitrogen and oxygen atoms in total.